The first-order valence-electron chi connectivity index (χ1n) is 7.35. The average molecular weight is 405 g/mol. The van der Waals surface area contributed by atoms with E-state index in [4.69, 9.17) is 20.4 Å². The molecule has 0 saturated heterocycles. The van der Waals surface area contributed by atoms with E-state index in [2.05, 4.69) is 10.2 Å². The number of carbonyl (C=O) groups excluding carboxylic acids is 2. The minimum Gasteiger partial charge on any atom is -0.545 e. The highest BCUT2D eigenvalue weighted by molar-refractivity contribution is 8.03. The molecule has 0 unspecified atom stereocenters. The molecule has 3 aromatic rings. The zero-order valence-corrected chi connectivity index (χ0v) is 15.2. The summed E-state index contributed by atoms with van der Waals surface area (Å²) in [5.74, 6) is -2.08. The fourth-order valence-electron chi connectivity index (χ4n) is 2.09. The van der Waals surface area contributed by atoms with Crippen molar-refractivity contribution in [1.82, 2.24) is 10.2 Å². The Morgan fingerprint density at radius 3 is 2.56 bits per heavy atom. The maximum absolute atomic E-state index is 11.3. The van der Waals surface area contributed by atoms with Crippen molar-refractivity contribution in [3.05, 3.63) is 57.5 Å². The maximum atomic E-state index is 11.3. The van der Waals surface area contributed by atoms with Crippen LogP contribution in [0, 0.1) is 6.92 Å². The lowest BCUT2D eigenvalue weighted by Crippen LogP contribution is -2.22. The van der Waals surface area contributed by atoms with Crippen LogP contribution in [0.25, 0.3) is 17.4 Å². The second-order valence-corrected chi connectivity index (χ2v) is 6.57. The number of thioether (sulfide) groups is 1. The molecule has 0 aliphatic rings. The molecule has 0 amide bonds. The van der Waals surface area contributed by atoms with E-state index in [1.807, 2.05) is 0 Å². The van der Waals surface area contributed by atoms with Crippen LogP contribution in [-0.4, -0.2) is 22.1 Å². The summed E-state index contributed by atoms with van der Waals surface area (Å²) in [5.41, 5.74) is 0.258. The van der Waals surface area contributed by atoms with Crippen LogP contribution in [0.5, 0.6) is 0 Å². The van der Waals surface area contributed by atoms with Gasteiger partial charge in [0.2, 0.25) is 5.89 Å². The summed E-state index contributed by atoms with van der Waals surface area (Å²) in [6, 6.07) is 7.04. The maximum Gasteiger partial charge on any atom is 0.281 e. The van der Waals surface area contributed by atoms with Crippen LogP contribution in [0.3, 0.4) is 0 Å². The van der Waals surface area contributed by atoms with Crippen molar-refractivity contribution in [3.8, 4) is 11.3 Å². The van der Waals surface area contributed by atoms with Crippen LogP contribution < -0.4 is 10.2 Å². The van der Waals surface area contributed by atoms with Gasteiger partial charge in [0.15, 0.2) is 0 Å². The number of rotatable bonds is 6. The van der Waals surface area contributed by atoms with Crippen LogP contribution >= 0.6 is 23.4 Å². The lowest BCUT2D eigenvalue weighted by molar-refractivity contribution is -0.298. The quantitative estimate of drug-likeness (QED) is 0.443. The number of hydrogen-bond acceptors (Lipinski definition) is 9. The molecule has 0 spiro atoms. The number of carboxylic acids is 2. The van der Waals surface area contributed by atoms with Gasteiger partial charge in [0, 0.05) is 17.4 Å². The zero-order chi connectivity index (χ0) is 19.6. The van der Waals surface area contributed by atoms with Crippen LogP contribution in [0.4, 0.5) is 0 Å². The van der Waals surface area contributed by atoms with Gasteiger partial charge in [-0.3, -0.25) is 0 Å². The van der Waals surface area contributed by atoms with Gasteiger partial charge in [0.05, 0.1) is 17.0 Å². The summed E-state index contributed by atoms with van der Waals surface area (Å²) in [6.07, 6.45) is 1.22. The van der Waals surface area contributed by atoms with Gasteiger partial charge in [-0.25, -0.2) is 0 Å². The molecule has 8 nitrogen and oxygen atoms in total. The van der Waals surface area contributed by atoms with Gasteiger partial charge >= 0.3 is 0 Å². The number of aromatic nitrogens is 2. The Morgan fingerprint density at radius 2 is 1.93 bits per heavy atom. The van der Waals surface area contributed by atoms with Crippen molar-refractivity contribution in [2.24, 2.45) is 0 Å². The van der Waals surface area contributed by atoms with E-state index in [9.17, 15) is 19.8 Å². The van der Waals surface area contributed by atoms with Gasteiger partial charge in [-0.2, -0.15) is 0 Å². The Balaban J connectivity index is 1.92. The molecule has 3 rings (SSSR count). The molecule has 0 radical (unpaired) electrons. The van der Waals surface area contributed by atoms with Crippen LogP contribution in [0.15, 0.2) is 49.3 Å². The summed E-state index contributed by atoms with van der Waals surface area (Å²) in [4.78, 5) is 22.1. The second-order valence-electron chi connectivity index (χ2n) is 5.17. The van der Waals surface area contributed by atoms with Crippen molar-refractivity contribution < 1.29 is 28.6 Å². The molecular formula is C17H9ClN2O6S-2. The number of benzene rings is 1. The Labute approximate surface area is 161 Å². The molecule has 138 valence electrons. The Kier molecular flexibility index (Phi) is 5.33. The fourth-order valence-corrected chi connectivity index (χ4v) is 2.99. The third-order valence-corrected chi connectivity index (χ3v) is 4.45. The number of carbonyl (C=O) groups is 2. The molecule has 2 heterocycles. The topological polar surface area (TPSA) is 132 Å². The first kappa shape index (κ1) is 18.7. The molecule has 2 aromatic heterocycles. The van der Waals surface area contributed by atoms with Crippen molar-refractivity contribution in [1.29, 1.82) is 0 Å². The van der Waals surface area contributed by atoms with Crippen LogP contribution in [-0.2, 0) is 4.79 Å². The lowest BCUT2D eigenvalue weighted by atomic mass is 10.1. The van der Waals surface area contributed by atoms with Gasteiger partial charge in [-0.15, -0.1) is 10.2 Å². The molecule has 0 bridgehead atoms. The normalized spacial score (nSPS) is 11.6. The van der Waals surface area contributed by atoms with E-state index in [1.54, 1.807) is 6.92 Å². The molecule has 1 aromatic carbocycles. The summed E-state index contributed by atoms with van der Waals surface area (Å²) >= 11 is 6.80. The van der Waals surface area contributed by atoms with Crippen LogP contribution in [0.1, 0.15) is 22.0 Å². The third kappa shape index (κ3) is 4.39. The van der Waals surface area contributed by atoms with Gasteiger partial charge in [-0.05, 0) is 47.7 Å². The highest BCUT2D eigenvalue weighted by Gasteiger charge is 2.13. The highest BCUT2D eigenvalue weighted by atomic mass is 35.5. The van der Waals surface area contributed by atoms with Crippen LogP contribution in [0.2, 0.25) is 5.02 Å². The summed E-state index contributed by atoms with van der Waals surface area (Å²) in [5, 5.41) is 30.0. The predicted molar refractivity (Wildman–Crippen MR) is 91.4 cm³/mol. The molecule has 0 aliphatic heterocycles. The smallest absolute Gasteiger partial charge is 0.281 e. The average Bonchev–Trinajstić information content (AvgIpc) is 3.23. The van der Waals surface area contributed by atoms with Gasteiger partial charge in [0.1, 0.15) is 11.5 Å². The van der Waals surface area contributed by atoms with Gasteiger partial charge in [0.25, 0.3) is 5.22 Å². The van der Waals surface area contributed by atoms with E-state index in [-0.39, 0.29) is 38.1 Å². The van der Waals surface area contributed by atoms with Crippen molar-refractivity contribution >= 4 is 41.4 Å². The number of furan rings is 1. The predicted octanol–water partition coefficient (Wildman–Crippen LogP) is 1.54. The van der Waals surface area contributed by atoms with E-state index in [0.717, 1.165) is 0 Å². The Morgan fingerprint density at radius 1 is 1.15 bits per heavy atom. The summed E-state index contributed by atoms with van der Waals surface area (Å²) in [7, 11) is 0. The molecule has 0 saturated carbocycles. The monoisotopic (exact) mass is 404 g/mol. The van der Waals surface area contributed by atoms with Gasteiger partial charge in [-0.1, -0.05) is 17.7 Å². The number of halogens is 1. The fraction of sp³-hybridized carbons (Fsp3) is 0.0588. The highest BCUT2D eigenvalue weighted by Crippen LogP contribution is 2.32. The SMILES string of the molecule is Cc1nnc(S/C(=C\c2ccc(-c3cc(C(=O)[O-])ccc3Cl)o2)C(=O)[O-])o1. The molecule has 0 atom stereocenters. The number of aryl methyl sites for hydroxylation is 1. The summed E-state index contributed by atoms with van der Waals surface area (Å²) in [6.45, 7) is 1.57. The molecule has 0 aliphatic carbocycles. The number of nitrogens with zero attached hydrogens (tertiary/aromatic N) is 2. The van der Waals surface area contributed by atoms with E-state index >= 15 is 0 Å². The summed E-state index contributed by atoms with van der Waals surface area (Å²) < 4.78 is 10.7. The Hall–Kier alpha value is -3.04. The molecule has 10 heteroatoms. The van der Waals surface area contributed by atoms with E-state index in [0.29, 0.717) is 17.3 Å². The van der Waals surface area contributed by atoms with Crippen molar-refractivity contribution in [3.63, 3.8) is 0 Å². The number of aliphatic carboxylic acids is 1. The zero-order valence-electron chi connectivity index (χ0n) is 13.6. The molecular weight excluding hydrogens is 396 g/mol. The number of carboxylic acid groups (broad SMARTS) is 2. The molecule has 27 heavy (non-hydrogen) atoms. The van der Waals surface area contributed by atoms with E-state index in [1.165, 1.54) is 36.4 Å². The number of aromatic carboxylic acids is 1. The molecule has 0 fully saturated rings. The standard InChI is InChI=1S/C17H11ClN2O6S/c1-8-19-20-17(25-8)27-14(16(23)24)7-10-3-5-13(26-10)11-6-9(15(21)22)2-4-12(11)18/h2-7H,1H3,(H,21,22)(H,23,24)/p-2/b14-7-. The number of hydrogen-bond donors (Lipinski definition) is 0. The van der Waals surface area contributed by atoms with Crippen molar-refractivity contribution in [2.75, 3.05) is 0 Å². The minimum absolute atomic E-state index is 0.0411. The lowest BCUT2D eigenvalue weighted by Gasteiger charge is -2.06. The largest absolute Gasteiger partial charge is 0.545 e. The van der Waals surface area contributed by atoms with Gasteiger partial charge < -0.3 is 28.6 Å². The minimum atomic E-state index is -1.45. The Bertz CT molecular complexity index is 1060. The van der Waals surface area contributed by atoms with E-state index < -0.39 is 11.9 Å². The third-order valence-electron chi connectivity index (χ3n) is 3.27. The first-order valence-corrected chi connectivity index (χ1v) is 8.55. The molecule has 0 N–H and O–H groups in total. The first-order chi connectivity index (χ1) is 12.8. The van der Waals surface area contributed by atoms with Crippen molar-refractivity contribution in [2.45, 2.75) is 12.1 Å². The second kappa shape index (κ2) is 7.68.